The van der Waals surface area contributed by atoms with E-state index in [4.69, 9.17) is 0 Å². The number of hydrogen-bond donors (Lipinski definition) is 1. The number of rotatable bonds is 11. The minimum absolute atomic E-state index is 0.0286. The number of sulfonamides is 1. The van der Waals surface area contributed by atoms with Crippen molar-refractivity contribution < 1.29 is 22.0 Å². The summed E-state index contributed by atoms with van der Waals surface area (Å²) in [5, 5.41) is 2.96. The van der Waals surface area contributed by atoms with Crippen molar-refractivity contribution in [2.24, 2.45) is 5.92 Å². The molecule has 0 unspecified atom stereocenters. The SMILES string of the molecule is CCCC[C@@H](CC)CNC(=O)c1ccc(CN(c2ccc(F)c(F)c2)S(C)(=O)=O)cc1. The fraction of sp³-hybridized carbons (Fsp3) is 0.435. The van der Waals surface area contributed by atoms with Gasteiger partial charge in [0.1, 0.15) is 0 Å². The Morgan fingerprint density at radius 1 is 1.06 bits per heavy atom. The van der Waals surface area contributed by atoms with Crippen molar-refractivity contribution in [3.8, 4) is 0 Å². The Balaban J connectivity index is 2.08. The molecule has 31 heavy (non-hydrogen) atoms. The number of amides is 1. The lowest BCUT2D eigenvalue weighted by atomic mass is 9.99. The first-order chi connectivity index (χ1) is 14.7. The summed E-state index contributed by atoms with van der Waals surface area (Å²) < 4.78 is 52.2. The molecule has 0 aromatic heterocycles. The van der Waals surface area contributed by atoms with Crippen molar-refractivity contribution in [2.75, 3.05) is 17.1 Å². The van der Waals surface area contributed by atoms with Crippen LogP contribution >= 0.6 is 0 Å². The minimum atomic E-state index is -3.74. The van der Waals surface area contributed by atoms with E-state index >= 15 is 0 Å². The molecule has 0 saturated heterocycles. The molecule has 0 bridgehead atoms. The van der Waals surface area contributed by atoms with Gasteiger partial charge in [-0.05, 0) is 42.2 Å². The summed E-state index contributed by atoms with van der Waals surface area (Å²) in [5.74, 6) is -1.90. The molecule has 0 radical (unpaired) electrons. The molecular formula is C23H30F2N2O3S. The lowest BCUT2D eigenvalue weighted by molar-refractivity contribution is 0.0946. The van der Waals surface area contributed by atoms with Gasteiger partial charge < -0.3 is 5.32 Å². The standard InChI is InChI=1S/C23H30F2N2O3S/c1-4-6-7-17(5-2)15-26-23(28)19-10-8-18(9-11-19)16-27(31(3,29)30)20-12-13-21(24)22(25)14-20/h8-14,17H,4-7,15-16H2,1-3H3,(H,26,28)/t17-/m1/s1. The third kappa shape index (κ3) is 7.31. The van der Waals surface area contributed by atoms with E-state index in [-0.39, 0.29) is 18.1 Å². The first-order valence-electron chi connectivity index (χ1n) is 10.5. The number of nitrogens with zero attached hydrogens (tertiary/aromatic N) is 1. The molecule has 0 spiro atoms. The van der Waals surface area contributed by atoms with Crippen molar-refractivity contribution >= 4 is 21.6 Å². The molecule has 5 nitrogen and oxygen atoms in total. The van der Waals surface area contributed by atoms with Gasteiger partial charge in [0.15, 0.2) is 11.6 Å². The molecule has 2 aromatic rings. The van der Waals surface area contributed by atoms with Crippen LogP contribution in [0, 0.1) is 17.6 Å². The van der Waals surface area contributed by atoms with Gasteiger partial charge in [-0.3, -0.25) is 9.10 Å². The van der Waals surface area contributed by atoms with Crippen LogP contribution in [0.15, 0.2) is 42.5 Å². The van der Waals surface area contributed by atoms with Crippen LogP contribution in [0.1, 0.15) is 55.5 Å². The Kier molecular flexibility index (Phi) is 8.98. The zero-order valence-electron chi connectivity index (χ0n) is 18.2. The van der Waals surface area contributed by atoms with Gasteiger partial charge in [-0.15, -0.1) is 0 Å². The topological polar surface area (TPSA) is 66.5 Å². The van der Waals surface area contributed by atoms with E-state index in [9.17, 15) is 22.0 Å². The number of carbonyl (C=O) groups is 1. The average molecular weight is 453 g/mol. The number of halogens is 2. The maximum absolute atomic E-state index is 13.6. The molecular weight excluding hydrogens is 422 g/mol. The van der Waals surface area contributed by atoms with Gasteiger partial charge in [-0.25, -0.2) is 17.2 Å². The second kappa shape index (κ2) is 11.2. The Hall–Kier alpha value is -2.48. The average Bonchev–Trinajstić information content (AvgIpc) is 2.73. The Labute approximate surface area is 183 Å². The predicted molar refractivity (Wildman–Crippen MR) is 119 cm³/mol. The summed E-state index contributed by atoms with van der Waals surface area (Å²) in [7, 11) is -3.74. The van der Waals surface area contributed by atoms with Crippen molar-refractivity contribution in [2.45, 2.75) is 46.1 Å². The summed E-state index contributed by atoms with van der Waals surface area (Å²) in [4.78, 5) is 12.4. The van der Waals surface area contributed by atoms with Crippen LogP contribution in [0.5, 0.6) is 0 Å². The second-order valence-electron chi connectivity index (χ2n) is 7.69. The van der Waals surface area contributed by atoms with Crippen molar-refractivity contribution in [3.05, 3.63) is 65.2 Å². The van der Waals surface area contributed by atoms with Crippen molar-refractivity contribution in [1.82, 2.24) is 5.32 Å². The van der Waals surface area contributed by atoms with Gasteiger partial charge in [0.25, 0.3) is 5.91 Å². The molecule has 1 amide bonds. The largest absolute Gasteiger partial charge is 0.352 e. The summed E-state index contributed by atoms with van der Waals surface area (Å²) >= 11 is 0. The minimum Gasteiger partial charge on any atom is -0.352 e. The normalized spacial score (nSPS) is 12.4. The van der Waals surface area contributed by atoms with Crippen LogP contribution in [-0.2, 0) is 16.6 Å². The monoisotopic (exact) mass is 452 g/mol. The number of hydrogen-bond acceptors (Lipinski definition) is 3. The maximum Gasteiger partial charge on any atom is 0.251 e. The van der Waals surface area contributed by atoms with E-state index in [1.807, 2.05) is 0 Å². The van der Waals surface area contributed by atoms with E-state index in [0.29, 0.717) is 23.6 Å². The van der Waals surface area contributed by atoms with E-state index < -0.39 is 21.7 Å². The molecule has 0 aliphatic carbocycles. The van der Waals surface area contributed by atoms with E-state index in [1.54, 1.807) is 24.3 Å². The molecule has 8 heteroatoms. The lowest BCUT2D eigenvalue weighted by Crippen LogP contribution is -2.30. The fourth-order valence-electron chi connectivity index (χ4n) is 3.25. The molecule has 170 valence electrons. The van der Waals surface area contributed by atoms with Crippen LogP contribution in [0.2, 0.25) is 0 Å². The summed E-state index contributed by atoms with van der Waals surface area (Å²) in [6.45, 7) is 4.81. The maximum atomic E-state index is 13.6. The number of nitrogens with one attached hydrogen (secondary N) is 1. The third-order valence-electron chi connectivity index (χ3n) is 5.23. The third-order valence-corrected chi connectivity index (χ3v) is 6.37. The molecule has 0 aliphatic heterocycles. The summed E-state index contributed by atoms with van der Waals surface area (Å²) in [5.41, 5.74) is 1.12. The zero-order valence-corrected chi connectivity index (χ0v) is 19.0. The molecule has 0 heterocycles. The van der Waals surface area contributed by atoms with Gasteiger partial charge in [0.05, 0.1) is 18.5 Å². The molecule has 0 aliphatic rings. The zero-order chi connectivity index (χ0) is 23.0. The van der Waals surface area contributed by atoms with Crippen molar-refractivity contribution in [3.63, 3.8) is 0 Å². The van der Waals surface area contributed by atoms with Gasteiger partial charge in [-0.2, -0.15) is 0 Å². The van der Waals surface area contributed by atoms with Crippen LogP contribution in [0.4, 0.5) is 14.5 Å². The highest BCUT2D eigenvalue weighted by molar-refractivity contribution is 7.92. The Morgan fingerprint density at radius 2 is 1.74 bits per heavy atom. The molecule has 1 N–H and O–H groups in total. The molecule has 2 rings (SSSR count). The number of anilines is 1. The first-order valence-corrected chi connectivity index (χ1v) is 12.3. The summed E-state index contributed by atoms with van der Waals surface area (Å²) in [6, 6.07) is 9.51. The summed E-state index contributed by atoms with van der Waals surface area (Å²) in [6.07, 6.45) is 5.35. The quantitative estimate of drug-likeness (QED) is 0.529. The van der Waals surface area contributed by atoms with Crippen LogP contribution < -0.4 is 9.62 Å². The Morgan fingerprint density at radius 3 is 2.29 bits per heavy atom. The van der Waals surface area contributed by atoms with Gasteiger partial charge in [0, 0.05) is 18.2 Å². The highest BCUT2D eigenvalue weighted by atomic mass is 32.2. The molecule has 0 fully saturated rings. The number of unbranched alkanes of at least 4 members (excludes halogenated alkanes) is 1. The van der Waals surface area contributed by atoms with E-state index in [1.165, 1.54) is 6.07 Å². The number of carbonyl (C=O) groups excluding carboxylic acids is 1. The molecule has 0 saturated carbocycles. The van der Waals surface area contributed by atoms with Gasteiger partial charge in [-0.1, -0.05) is 45.2 Å². The first kappa shape index (κ1) is 24.8. The van der Waals surface area contributed by atoms with Crippen LogP contribution in [0.3, 0.4) is 0 Å². The van der Waals surface area contributed by atoms with Crippen LogP contribution in [0.25, 0.3) is 0 Å². The highest BCUT2D eigenvalue weighted by Gasteiger charge is 2.20. The van der Waals surface area contributed by atoms with E-state index in [2.05, 4.69) is 19.2 Å². The predicted octanol–water partition coefficient (Wildman–Crippen LogP) is 4.88. The van der Waals surface area contributed by atoms with E-state index in [0.717, 1.165) is 48.4 Å². The van der Waals surface area contributed by atoms with Gasteiger partial charge in [0.2, 0.25) is 10.0 Å². The molecule has 2 aromatic carbocycles. The molecule has 1 atom stereocenters. The van der Waals surface area contributed by atoms with Crippen molar-refractivity contribution in [1.29, 1.82) is 0 Å². The van der Waals surface area contributed by atoms with Gasteiger partial charge >= 0.3 is 0 Å². The van der Waals surface area contributed by atoms with Crippen LogP contribution in [-0.4, -0.2) is 27.1 Å². The lowest BCUT2D eigenvalue weighted by Gasteiger charge is -2.22. The number of benzene rings is 2. The second-order valence-corrected chi connectivity index (χ2v) is 9.60. The smallest absolute Gasteiger partial charge is 0.251 e. The highest BCUT2D eigenvalue weighted by Crippen LogP contribution is 2.23. The fourth-order valence-corrected chi connectivity index (χ4v) is 4.13. The Bertz CT molecular complexity index is 979.